The van der Waals surface area contributed by atoms with E-state index in [2.05, 4.69) is 0 Å². The summed E-state index contributed by atoms with van der Waals surface area (Å²) in [4.78, 5) is 11.7. The van der Waals surface area contributed by atoms with Gasteiger partial charge in [0.25, 0.3) is 5.91 Å². The molecule has 2 aromatic rings. The third kappa shape index (κ3) is 4.78. The quantitative estimate of drug-likeness (QED) is 0.504. The minimum atomic E-state index is -0.461. The van der Waals surface area contributed by atoms with E-state index < -0.39 is 5.91 Å². The molecule has 0 saturated carbocycles. The number of hydrogen-bond acceptors (Lipinski definition) is 3. The molecule has 0 spiro atoms. The van der Waals surface area contributed by atoms with Gasteiger partial charge in [0.15, 0.2) is 0 Å². The van der Waals surface area contributed by atoms with E-state index >= 15 is 0 Å². The van der Waals surface area contributed by atoms with E-state index in [0.717, 1.165) is 11.1 Å². The number of hydroxylamine groups is 2. The Morgan fingerprint density at radius 1 is 1.05 bits per heavy atom. The van der Waals surface area contributed by atoms with E-state index in [0.29, 0.717) is 11.5 Å². The highest BCUT2D eigenvalue weighted by molar-refractivity contribution is 5.90. The molecule has 0 aliphatic rings. The average molecular weight is 283 g/mol. The van der Waals surface area contributed by atoms with Crippen LogP contribution in [-0.4, -0.2) is 27.8 Å². The van der Waals surface area contributed by atoms with E-state index in [4.69, 9.17) is 0 Å². The predicted octanol–water partition coefficient (Wildman–Crippen LogP) is 2.87. The van der Waals surface area contributed by atoms with Gasteiger partial charge in [0.1, 0.15) is 5.75 Å². The lowest BCUT2D eigenvalue weighted by Gasteiger charge is -2.12. The summed E-state index contributed by atoms with van der Waals surface area (Å²) < 4.78 is 0. The molecule has 2 N–H and O–H groups in total. The van der Waals surface area contributed by atoms with Gasteiger partial charge in [-0.15, -0.1) is 0 Å². The number of nitrogens with zero attached hydrogens (tertiary/aromatic N) is 1. The largest absolute Gasteiger partial charge is 0.508 e. The third-order valence-corrected chi connectivity index (χ3v) is 3.02. The van der Waals surface area contributed by atoms with Gasteiger partial charge in [0.2, 0.25) is 0 Å². The fourth-order valence-corrected chi connectivity index (χ4v) is 1.83. The summed E-state index contributed by atoms with van der Waals surface area (Å²) >= 11 is 0. The molecule has 2 aromatic carbocycles. The van der Waals surface area contributed by atoms with Gasteiger partial charge < -0.3 is 5.11 Å². The van der Waals surface area contributed by atoms with Crippen molar-refractivity contribution in [3.8, 4) is 5.75 Å². The first-order chi connectivity index (χ1) is 10.1. The number of amides is 1. The zero-order valence-electron chi connectivity index (χ0n) is 11.5. The third-order valence-electron chi connectivity index (χ3n) is 3.02. The van der Waals surface area contributed by atoms with Gasteiger partial charge in [-0.2, -0.15) is 0 Å². The first kappa shape index (κ1) is 14.8. The fourth-order valence-electron chi connectivity index (χ4n) is 1.83. The number of aromatic hydroxyl groups is 1. The number of carbonyl (C=O) groups is 1. The highest BCUT2D eigenvalue weighted by atomic mass is 16.5. The van der Waals surface area contributed by atoms with Crippen molar-refractivity contribution in [2.45, 2.75) is 6.42 Å². The van der Waals surface area contributed by atoms with E-state index in [-0.39, 0.29) is 12.3 Å². The number of carbonyl (C=O) groups excluding carboxylic acids is 1. The molecule has 0 radical (unpaired) electrons. The molecule has 1 amide bonds. The zero-order valence-corrected chi connectivity index (χ0v) is 11.5. The van der Waals surface area contributed by atoms with Crippen molar-refractivity contribution in [1.29, 1.82) is 0 Å². The standard InChI is InChI=1S/C17H17NO3/c19-16-9-6-15(7-10-16)12-13-18(21)17(20)11-8-14-4-2-1-3-5-14/h1-11,19,21H,12-13H2. The Balaban J connectivity index is 1.85. The normalized spacial score (nSPS) is 10.7. The van der Waals surface area contributed by atoms with Gasteiger partial charge >= 0.3 is 0 Å². The van der Waals surface area contributed by atoms with Gasteiger partial charge in [-0.3, -0.25) is 10.0 Å². The molecule has 0 aromatic heterocycles. The monoisotopic (exact) mass is 283 g/mol. The van der Waals surface area contributed by atoms with Crippen LogP contribution in [0.25, 0.3) is 6.08 Å². The van der Waals surface area contributed by atoms with Crippen LogP contribution in [0.4, 0.5) is 0 Å². The maximum atomic E-state index is 11.7. The first-order valence-corrected chi connectivity index (χ1v) is 6.66. The van der Waals surface area contributed by atoms with Crippen LogP contribution in [0, 0.1) is 0 Å². The molecule has 0 saturated heterocycles. The summed E-state index contributed by atoms with van der Waals surface area (Å²) in [6.07, 6.45) is 3.51. The van der Waals surface area contributed by atoms with E-state index in [1.807, 2.05) is 30.3 Å². The fraction of sp³-hybridized carbons (Fsp3) is 0.118. The summed E-state index contributed by atoms with van der Waals surface area (Å²) in [5.41, 5.74) is 1.84. The highest BCUT2D eigenvalue weighted by Crippen LogP contribution is 2.10. The van der Waals surface area contributed by atoms with Crippen LogP contribution >= 0.6 is 0 Å². The Bertz CT molecular complexity index is 606. The van der Waals surface area contributed by atoms with Crippen molar-refractivity contribution in [2.75, 3.05) is 6.54 Å². The Kier molecular flexibility index (Phi) is 5.12. The molecule has 0 aliphatic carbocycles. The molecule has 0 atom stereocenters. The van der Waals surface area contributed by atoms with E-state index in [1.165, 1.54) is 6.08 Å². The second kappa shape index (κ2) is 7.26. The summed E-state index contributed by atoms with van der Waals surface area (Å²) in [7, 11) is 0. The van der Waals surface area contributed by atoms with Crippen LogP contribution in [0.15, 0.2) is 60.7 Å². The minimum absolute atomic E-state index is 0.196. The number of rotatable bonds is 5. The van der Waals surface area contributed by atoms with Gasteiger partial charge in [-0.1, -0.05) is 42.5 Å². The second-order valence-electron chi connectivity index (χ2n) is 4.62. The molecule has 0 unspecified atom stereocenters. The van der Waals surface area contributed by atoms with Crippen molar-refractivity contribution in [1.82, 2.24) is 5.06 Å². The van der Waals surface area contributed by atoms with Gasteiger partial charge in [-0.05, 0) is 35.8 Å². The molecule has 108 valence electrons. The van der Waals surface area contributed by atoms with Crippen molar-refractivity contribution >= 4 is 12.0 Å². The first-order valence-electron chi connectivity index (χ1n) is 6.66. The van der Waals surface area contributed by atoms with Gasteiger partial charge in [0, 0.05) is 6.08 Å². The van der Waals surface area contributed by atoms with Crippen molar-refractivity contribution in [3.63, 3.8) is 0 Å². The van der Waals surface area contributed by atoms with Crippen molar-refractivity contribution in [2.24, 2.45) is 0 Å². The predicted molar refractivity (Wildman–Crippen MR) is 80.8 cm³/mol. The van der Waals surface area contributed by atoms with Crippen LogP contribution in [-0.2, 0) is 11.2 Å². The molecular formula is C17H17NO3. The Morgan fingerprint density at radius 3 is 2.38 bits per heavy atom. The molecule has 0 bridgehead atoms. The Morgan fingerprint density at radius 2 is 1.71 bits per heavy atom. The number of phenols is 1. The Labute approximate surface area is 123 Å². The van der Waals surface area contributed by atoms with Gasteiger partial charge in [-0.25, -0.2) is 5.06 Å². The lowest BCUT2D eigenvalue weighted by atomic mass is 10.1. The Hall–Kier alpha value is -2.59. The molecule has 4 nitrogen and oxygen atoms in total. The maximum absolute atomic E-state index is 11.7. The average Bonchev–Trinajstić information content (AvgIpc) is 2.52. The number of hydrogen-bond donors (Lipinski definition) is 2. The SMILES string of the molecule is O=C(C=Cc1ccccc1)N(O)CCc1ccc(O)cc1. The van der Waals surface area contributed by atoms with Crippen LogP contribution in [0.1, 0.15) is 11.1 Å². The van der Waals surface area contributed by atoms with E-state index in [1.54, 1.807) is 30.3 Å². The van der Waals surface area contributed by atoms with Crippen LogP contribution in [0.3, 0.4) is 0 Å². The van der Waals surface area contributed by atoms with Gasteiger partial charge in [0.05, 0.1) is 6.54 Å². The maximum Gasteiger partial charge on any atom is 0.269 e. The van der Waals surface area contributed by atoms with Crippen molar-refractivity contribution in [3.05, 3.63) is 71.8 Å². The van der Waals surface area contributed by atoms with Crippen LogP contribution < -0.4 is 0 Å². The molecule has 2 rings (SSSR count). The molecule has 0 fully saturated rings. The second-order valence-corrected chi connectivity index (χ2v) is 4.62. The molecule has 0 aliphatic heterocycles. The van der Waals surface area contributed by atoms with Crippen LogP contribution in [0.2, 0.25) is 0 Å². The smallest absolute Gasteiger partial charge is 0.269 e. The van der Waals surface area contributed by atoms with Crippen LogP contribution in [0.5, 0.6) is 5.75 Å². The minimum Gasteiger partial charge on any atom is -0.508 e. The number of benzene rings is 2. The summed E-state index contributed by atoms with van der Waals surface area (Å²) in [6.45, 7) is 0.197. The molecule has 4 heteroatoms. The zero-order chi connectivity index (χ0) is 15.1. The summed E-state index contributed by atoms with van der Waals surface area (Å²) in [5.74, 6) is -0.265. The lowest BCUT2D eigenvalue weighted by Crippen LogP contribution is -2.27. The van der Waals surface area contributed by atoms with E-state index in [9.17, 15) is 15.1 Å². The lowest BCUT2D eigenvalue weighted by molar-refractivity contribution is -0.158. The number of phenolic OH excluding ortho intramolecular Hbond substituents is 1. The van der Waals surface area contributed by atoms with Crippen molar-refractivity contribution < 1.29 is 15.1 Å². The summed E-state index contributed by atoms with van der Waals surface area (Å²) in [5, 5.41) is 19.6. The highest BCUT2D eigenvalue weighted by Gasteiger charge is 2.07. The summed E-state index contributed by atoms with van der Waals surface area (Å²) in [6, 6.07) is 16.1. The topological polar surface area (TPSA) is 60.8 Å². The molecule has 21 heavy (non-hydrogen) atoms. The molecule has 0 heterocycles. The molecular weight excluding hydrogens is 266 g/mol.